The fourth-order valence-corrected chi connectivity index (χ4v) is 1.32. The Kier molecular flexibility index (Phi) is 2.49. The van der Waals surface area contributed by atoms with Gasteiger partial charge in [-0.05, 0) is 17.7 Å². The highest BCUT2D eigenvalue weighted by atomic mass is 16.3. The number of oxazole rings is 1. The Labute approximate surface area is 86.7 Å². The van der Waals surface area contributed by atoms with Crippen molar-refractivity contribution in [3.63, 3.8) is 0 Å². The van der Waals surface area contributed by atoms with E-state index in [4.69, 9.17) is 10.2 Å². The van der Waals surface area contributed by atoms with Crippen LogP contribution in [0.4, 0.5) is 0 Å². The summed E-state index contributed by atoms with van der Waals surface area (Å²) in [6.07, 6.45) is 3.73. The van der Waals surface area contributed by atoms with Gasteiger partial charge in [0.1, 0.15) is 5.76 Å². The maximum absolute atomic E-state index is 10.8. The fraction of sp³-hybridized carbons (Fsp3) is 0.0909. The molecule has 0 radical (unpaired) electrons. The lowest BCUT2D eigenvalue weighted by Crippen LogP contribution is -2.10. The van der Waals surface area contributed by atoms with Gasteiger partial charge in [-0.25, -0.2) is 4.98 Å². The number of nitrogens with zero attached hydrogens (tertiary/aromatic N) is 1. The second-order valence-corrected chi connectivity index (χ2v) is 3.21. The first-order valence-corrected chi connectivity index (χ1v) is 4.52. The first-order valence-electron chi connectivity index (χ1n) is 4.52. The molecule has 2 rings (SSSR count). The van der Waals surface area contributed by atoms with E-state index in [1.807, 2.05) is 12.1 Å². The van der Waals surface area contributed by atoms with Gasteiger partial charge in [-0.15, -0.1) is 0 Å². The number of hydrogen-bond acceptors (Lipinski definition) is 3. The molecule has 1 aromatic heterocycles. The van der Waals surface area contributed by atoms with Crippen molar-refractivity contribution in [1.29, 1.82) is 0 Å². The number of hydrogen-bond donors (Lipinski definition) is 1. The summed E-state index contributed by atoms with van der Waals surface area (Å²) in [5, 5.41) is 0. The molecule has 0 atom stereocenters. The summed E-state index contributed by atoms with van der Waals surface area (Å²) in [5.74, 6) is 0.378. The first kappa shape index (κ1) is 9.45. The molecule has 0 spiro atoms. The van der Waals surface area contributed by atoms with Crippen LogP contribution in [0.1, 0.15) is 21.7 Å². The summed E-state index contributed by atoms with van der Waals surface area (Å²) in [6, 6.07) is 7.10. The topological polar surface area (TPSA) is 69.1 Å². The summed E-state index contributed by atoms with van der Waals surface area (Å²) < 4.78 is 5.11. The largest absolute Gasteiger partial charge is 0.448 e. The van der Waals surface area contributed by atoms with E-state index >= 15 is 0 Å². The van der Waals surface area contributed by atoms with Gasteiger partial charge < -0.3 is 10.2 Å². The van der Waals surface area contributed by atoms with Crippen molar-refractivity contribution in [2.24, 2.45) is 5.73 Å². The lowest BCUT2D eigenvalue weighted by molar-refractivity contribution is 0.100. The number of benzene rings is 1. The van der Waals surface area contributed by atoms with Crippen LogP contribution in [0.25, 0.3) is 0 Å². The average Bonchev–Trinajstić information content (AvgIpc) is 2.71. The number of carbonyl (C=O) groups excluding carboxylic acids is 1. The number of carbonyl (C=O) groups is 1. The summed E-state index contributed by atoms with van der Waals surface area (Å²) >= 11 is 0. The highest BCUT2D eigenvalue weighted by Crippen LogP contribution is 2.09. The third-order valence-corrected chi connectivity index (χ3v) is 2.10. The van der Waals surface area contributed by atoms with Crippen LogP contribution in [0, 0.1) is 0 Å². The zero-order valence-electron chi connectivity index (χ0n) is 8.01. The van der Waals surface area contributed by atoms with Crippen molar-refractivity contribution in [2.45, 2.75) is 6.42 Å². The fourth-order valence-electron chi connectivity index (χ4n) is 1.32. The van der Waals surface area contributed by atoms with Gasteiger partial charge in [-0.2, -0.15) is 0 Å². The van der Waals surface area contributed by atoms with Crippen LogP contribution in [-0.4, -0.2) is 10.9 Å². The van der Waals surface area contributed by atoms with Gasteiger partial charge in [0, 0.05) is 12.0 Å². The Morgan fingerprint density at radius 1 is 1.33 bits per heavy atom. The highest BCUT2D eigenvalue weighted by molar-refractivity contribution is 5.92. The molecule has 15 heavy (non-hydrogen) atoms. The van der Waals surface area contributed by atoms with Crippen LogP contribution in [0.3, 0.4) is 0 Å². The van der Waals surface area contributed by atoms with Gasteiger partial charge in [0.25, 0.3) is 0 Å². The molecular weight excluding hydrogens is 192 g/mol. The number of primary amides is 1. The van der Waals surface area contributed by atoms with Crippen molar-refractivity contribution in [2.75, 3.05) is 0 Å². The highest BCUT2D eigenvalue weighted by Gasteiger charge is 2.02. The van der Waals surface area contributed by atoms with Gasteiger partial charge in [-0.3, -0.25) is 4.79 Å². The van der Waals surface area contributed by atoms with Crippen LogP contribution in [0.2, 0.25) is 0 Å². The van der Waals surface area contributed by atoms with E-state index in [2.05, 4.69) is 4.98 Å². The average molecular weight is 202 g/mol. The molecule has 4 nitrogen and oxygen atoms in total. The predicted molar refractivity (Wildman–Crippen MR) is 54.3 cm³/mol. The SMILES string of the molecule is NC(=O)c1ccc(Cc2cnco2)cc1. The second kappa shape index (κ2) is 3.96. The molecule has 0 fully saturated rings. The zero-order chi connectivity index (χ0) is 10.7. The van der Waals surface area contributed by atoms with Crippen molar-refractivity contribution >= 4 is 5.91 Å². The van der Waals surface area contributed by atoms with Crippen LogP contribution in [-0.2, 0) is 6.42 Å². The first-order chi connectivity index (χ1) is 7.25. The molecule has 0 bridgehead atoms. The molecule has 0 saturated heterocycles. The Bertz CT molecular complexity index is 446. The van der Waals surface area contributed by atoms with Gasteiger partial charge in [0.05, 0.1) is 6.20 Å². The molecule has 1 amide bonds. The van der Waals surface area contributed by atoms with E-state index in [-0.39, 0.29) is 0 Å². The molecule has 1 heterocycles. The molecule has 4 heteroatoms. The number of nitrogens with two attached hydrogens (primary N) is 1. The molecular formula is C11H10N2O2. The van der Waals surface area contributed by atoms with Crippen molar-refractivity contribution in [1.82, 2.24) is 4.98 Å². The minimum Gasteiger partial charge on any atom is -0.448 e. The normalized spacial score (nSPS) is 10.1. The summed E-state index contributed by atoms with van der Waals surface area (Å²) in [5.41, 5.74) is 6.70. The maximum atomic E-state index is 10.8. The Morgan fingerprint density at radius 3 is 2.60 bits per heavy atom. The van der Waals surface area contributed by atoms with Gasteiger partial charge in [0.15, 0.2) is 6.39 Å². The third-order valence-electron chi connectivity index (χ3n) is 2.10. The van der Waals surface area contributed by atoms with E-state index in [9.17, 15) is 4.79 Å². The van der Waals surface area contributed by atoms with Gasteiger partial charge >= 0.3 is 0 Å². The Hall–Kier alpha value is -2.10. The predicted octanol–water partition coefficient (Wildman–Crippen LogP) is 1.36. The zero-order valence-corrected chi connectivity index (χ0v) is 8.01. The Balaban J connectivity index is 2.14. The molecule has 0 aliphatic rings. The van der Waals surface area contributed by atoms with Gasteiger partial charge in [0.2, 0.25) is 5.91 Å². The molecule has 0 aliphatic heterocycles. The molecule has 0 saturated carbocycles. The molecule has 0 aliphatic carbocycles. The molecule has 2 N–H and O–H groups in total. The number of rotatable bonds is 3. The number of amides is 1. The molecule has 1 aromatic carbocycles. The summed E-state index contributed by atoms with van der Waals surface area (Å²) in [7, 11) is 0. The quantitative estimate of drug-likeness (QED) is 0.817. The lowest BCUT2D eigenvalue weighted by atomic mass is 10.1. The van der Waals surface area contributed by atoms with E-state index in [0.717, 1.165) is 11.3 Å². The monoisotopic (exact) mass is 202 g/mol. The van der Waals surface area contributed by atoms with E-state index < -0.39 is 5.91 Å². The maximum Gasteiger partial charge on any atom is 0.248 e. The Morgan fingerprint density at radius 2 is 2.07 bits per heavy atom. The van der Waals surface area contributed by atoms with Crippen molar-refractivity contribution in [3.05, 3.63) is 53.7 Å². The standard InChI is InChI=1S/C11H10N2O2/c12-11(14)9-3-1-8(2-4-9)5-10-6-13-7-15-10/h1-4,6-7H,5H2,(H2,12,14). The van der Waals surface area contributed by atoms with Gasteiger partial charge in [-0.1, -0.05) is 12.1 Å². The van der Waals surface area contributed by atoms with Crippen LogP contribution < -0.4 is 5.73 Å². The summed E-state index contributed by atoms with van der Waals surface area (Å²) in [6.45, 7) is 0. The van der Waals surface area contributed by atoms with Crippen molar-refractivity contribution in [3.8, 4) is 0 Å². The molecule has 2 aromatic rings. The minimum absolute atomic E-state index is 0.416. The van der Waals surface area contributed by atoms with Crippen LogP contribution in [0.5, 0.6) is 0 Å². The molecule has 0 unspecified atom stereocenters. The van der Waals surface area contributed by atoms with Crippen LogP contribution in [0.15, 0.2) is 41.3 Å². The number of aromatic nitrogens is 1. The van der Waals surface area contributed by atoms with E-state index in [1.165, 1.54) is 6.39 Å². The lowest BCUT2D eigenvalue weighted by Gasteiger charge is -1.99. The third kappa shape index (κ3) is 2.22. The molecule has 76 valence electrons. The summed E-state index contributed by atoms with van der Waals surface area (Å²) in [4.78, 5) is 14.6. The smallest absolute Gasteiger partial charge is 0.248 e. The second-order valence-electron chi connectivity index (χ2n) is 3.21. The minimum atomic E-state index is -0.416. The van der Waals surface area contributed by atoms with Crippen molar-refractivity contribution < 1.29 is 9.21 Å². The van der Waals surface area contributed by atoms with E-state index in [1.54, 1.807) is 18.3 Å². The van der Waals surface area contributed by atoms with Crippen LogP contribution >= 0.6 is 0 Å². The van der Waals surface area contributed by atoms with E-state index in [0.29, 0.717) is 12.0 Å².